The van der Waals surface area contributed by atoms with Crippen LogP contribution >= 0.6 is 0 Å². The number of rotatable bonds is 6. The Hall–Kier alpha value is -2.26. The van der Waals surface area contributed by atoms with E-state index >= 15 is 0 Å². The molecule has 2 heterocycles. The van der Waals surface area contributed by atoms with Gasteiger partial charge in [0, 0.05) is 6.04 Å². The fraction of sp³-hybridized carbons (Fsp3) is 0.471. The zero-order valence-electron chi connectivity index (χ0n) is 14.6. The molecule has 140 valence electrons. The first kappa shape index (κ1) is 18.5. The molecule has 1 saturated heterocycles. The molecule has 1 aliphatic rings. The number of fused-ring (bicyclic) bond motifs is 1. The Morgan fingerprint density at radius 1 is 1.38 bits per heavy atom. The van der Waals surface area contributed by atoms with E-state index in [2.05, 4.69) is 15.3 Å². The van der Waals surface area contributed by atoms with Crippen LogP contribution in [-0.2, 0) is 21.2 Å². The molecule has 1 amide bonds. The van der Waals surface area contributed by atoms with Gasteiger partial charge < -0.3 is 10.3 Å². The van der Waals surface area contributed by atoms with Crippen molar-refractivity contribution in [1.82, 2.24) is 20.2 Å². The van der Waals surface area contributed by atoms with E-state index in [-0.39, 0.29) is 35.6 Å². The zero-order chi connectivity index (χ0) is 18.7. The molecule has 1 aromatic heterocycles. The van der Waals surface area contributed by atoms with Crippen molar-refractivity contribution >= 4 is 26.6 Å². The second-order valence-corrected chi connectivity index (χ2v) is 8.73. The lowest BCUT2D eigenvalue weighted by Gasteiger charge is -2.20. The first-order valence-corrected chi connectivity index (χ1v) is 10.4. The molecular formula is C17H22N4O4S. The topological polar surface area (TPSA) is 112 Å². The highest BCUT2D eigenvalue weighted by Crippen LogP contribution is 2.11. The number of aromatic amines is 1. The van der Waals surface area contributed by atoms with Crippen LogP contribution < -0.4 is 10.9 Å². The number of para-hydroxylation sites is 1. The van der Waals surface area contributed by atoms with Crippen molar-refractivity contribution in [2.24, 2.45) is 0 Å². The third-order valence-corrected chi connectivity index (χ3v) is 6.22. The van der Waals surface area contributed by atoms with Crippen molar-refractivity contribution < 1.29 is 13.2 Å². The maximum atomic E-state index is 12.2. The van der Waals surface area contributed by atoms with Crippen LogP contribution in [0.2, 0.25) is 0 Å². The Morgan fingerprint density at radius 3 is 2.85 bits per heavy atom. The summed E-state index contributed by atoms with van der Waals surface area (Å²) in [7, 11) is -3.03. The number of aromatic nitrogens is 2. The molecule has 0 spiro atoms. The fourth-order valence-electron chi connectivity index (χ4n) is 3.09. The number of nitrogens with one attached hydrogen (secondary N) is 2. The Balaban J connectivity index is 1.64. The fourth-order valence-corrected chi connectivity index (χ4v) is 4.76. The molecule has 3 rings (SSSR count). The third-order valence-electron chi connectivity index (χ3n) is 4.45. The number of hydrogen-bond acceptors (Lipinski definition) is 6. The molecule has 8 nitrogen and oxygen atoms in total. The standard InChI is InChI=1S/C17H22N4O4S/c1-2-21(10-16(22)18-12-7-8-26(24,25)11-12)9-15-19-14-6-4-3-5-13(14)17(23)20-15/h3-6,12H,2,7-11H2,1H3,(H,18,22)(H,19,20,23)/t12-/m0/s1. The van der Waals surface area contributed by atoms with Crippen LogP contribution in [-0.4, -0.2) is 59.8 Å². The lowest BCUT2D eigenvalue weighted by molar-refractivity contribution is -0.122. The van der Waals surface area contributed by atoms with E-state index in [0.717, 1.165) is 0 Å². The van der Waals surface area contributed by atoms with Gasteiger partial charge in [0.2, 0.25) is 5.91 Å². The summed E-state index contributed by atoms with van der Waals surface area (Å²) in [5.74, 6) is 0.395. The Morgan fingerprint density at radius 2 is 2.15 bits per heavy atom. The monoisotopic (exact) mass is 378 g/mol. The number of amides is 1. The van der Waals surface area contributed by atoms with Crippen molar-refractivity contribution in [2.75, 3.05) is 24.6 Å². The van der Waals surface area contributed by atoms with E-state index in [9.17, 15) is 18.0 Å². The van der Waals surface area contributed by atoms with E-state index in [1.54, 1.807) is 18.2 Å². The molecule has 26 heavy (non-hydrogen) atoms. The smallest absolute Gasteiger partial charge is 0.258 e. The van der Waals surface area contributed by atoms with E-state index in [1.165, 1.54) is 0 Å². The van der Waals surface area contributed by atoms with Gasteiger partial charge in [-0.05, 0) is 25.1 Å². The number of nitrogens with zero attached hydrogens (tertiary/aromatic N) is 2. The van der Waals surface area contributed by atoms with Crippen molar-refractivity contribution in [3.63, 3.8) is 0 Å². The van der Waals surface area contributed by atoms with Crippen molar-refractivity contribution in [2.45, 2.75) is 25.9 Å². The number of sulfone groups is 1. The SMILES string of the molecule is CCN(CC(=O)N[C@H]1CCS(=O)(=O)C1)Cc1nc2ccccc2c(=O)[nH]1. The van der Waals surface area contributed by atoms with E-state index in [1.807, 2.05) is 17.9 Å². The maximum Gasteiger partial charge on any atom is 0.258 e. The predicted octanol–water partition coefficient (Wildman–Crippen LogP) is 0.0483. The Bertz CT molecular complexity index is 970. The second-order valence-electron chi connectivity index (χ2n) is 6.50. The first-order chi connectivity index (χ1) is 12.4. The van der Waals surface area contributed by atoms with Crippen molar-refractivity contribution in [1.29, 1.82) is 0 Å². The number of carbonyl (C=O) groups excluding carboxylic acids is 1. The summed E-state index contributed by atoms with van der Waals surface area (Å²) < 4.78 is 23.0. The Labute approximate surface area is 151 Å². The number of likely N-dealkylation sites (N-methyl/N-ethyl adjacent to an activating group) is 1. The molecule has 2 aromatic rings. The Kier molecular flexibility index (Phi) is 5.38. The van der Waals surface area contributed by atoms with Gasteiger partial charge in [0.05, 0.1) is 35.5 Å². The average Bonchev–Trinajstić information content (AvgIpc) is 2.92. The lowest BCUT2D eigenvalue weighted by Crippen LogP contribution is -2.42. The normalized spacial score (nSPS) is 19.1. The molecule has 1 aromatic carbocycles. The minimum atomic E-state index is -3.03. The first-order valence-electron chi connectivity index (χ1n) is 8.56. The summed E-state index contributed by atoms with van der Waals surface area (Å²) in [5.41, 5.74) is 0.408. The minimum Gasteiger partial charge on any atom is -0.351 e. The second kappa shape index (κ2) is 7.55. The summed E-state index contributed by atoms with van der Waals surface area (Å²) in [4.78, 5) is 33.4. The average molecular weight is 378 g/mol. The van der Waals surface area contributed by atoms with Crippen LogP contribution in [0.5, 0.6) is 0 Å². The molecule has 0 aliphatic carbocycles. The lowest BCUT2D eigenvalue weighted by atomic mass is 10.2. The molecule has 9 heteroatoms. The number of carbonyl (C=O) groups is 1. The van der Waals surface area contributed by atoms with Crippen LogP contribution in [0.4, 0.5) is 0 Å². The van der Waals surface area contributed by atoms with Crippen LogP contribution in [0.1, 0.15) is 19.2 Å². The zero-order valence-corrected chi connectivity index (χ0v) is 15.4. The van der Waals surface area contributed by atoms with E-state index < -0.39 is 9.84 Å². The summed E-state index contributed by atoms with van der Waals surface area (Å²) in [6.45, 7) is 2.94. The largest absolute Gasteiger partial charge is 0.351 e. The molecule has 1 aliphatic heterocycles. The predicted molar refractivity (Wildman–Crippen MR) is 98.5 cm³/mol. The van der Waals surface area contributed by atoms with Gasteiger partial charge in [-0.2, -0.15) is 0 Å². The van der Waals surface area contributed by atoms with Crippen LogP contribution in [0.15, 0.2) is 29.1 Å². The summed E-state index contributed by atoms with van der Waals surface area (Å²) in [5, 5.41) is 3.30. The van der Waals surface area contributed by atoms with Gasteiger partial charge in [0.15, 0.2) is 9.84 Å². The number of hydrogen-bond donors (Lipinski definition) is 2. The summed E-state index contributed by atoms with van der Waals surface area (Å²) >= 11 is 0. The molecule has 0 radical (unpaired) electrons. The third kappa shape index (κ3) is 4.47. The van der Waals surface area contributed by atoms with Gasteiger partial charge in [-0.15, -0.1) is 0 Å². The maximum absolute atomic E-state index is 12.2. The van der Waals surface area contributed by atoms with Crippen LogP contribution in [0.3, 0.4) is 0 Å². The molecule has 1 fully saturated rings. The van der Waals surface area contributed by atoms with Crippen molar-refractivity contribution in [3.05, 3.63) is 40.4 Å². The molecule has 2 N–H and O–H groups in total. The van der Waals surface area contributed by atoms with Gasteiger partial charge >= 0.3 is 0 Å². The van der Waals surface area contributed by atoms with Gasteiger partial charge in [-0.25, -0.2) is 13.4 Å². The molecule has 0 unspecified atom stereocenters. The molecule has 0 saturated carbocycles. The van der Waals surface area contributed by atoms with Gasteiger partial charge in [0.25, 0.3) is 5.56 Å². The highest BCUT2D eigenvalue weighted by Gasteiger charge is 2.29. The van der Waals surface area contributed by atoms with Gasteiger partial charge in [-0.1, -0.05) is 19.1 Å². The van der Waals surface area contributed by atoms with Crippen molar-refractivity contribution in [3.8, 4) is 0 Å². The van der Waals surface area contributed by atoms with Crippen LogP contribution in [0.25, 0.3) is 10.9 Å². The van der Waals surface area contributed by atoms with Gasteiger partial charge in [0.1, 0.15) is 5.82 Å². The summed E-state index contributed by atoms with van der Waals surface area (Å²) in [6, 6.07) is 6.78. The van der Waals surface area contributed by atoms with Crippen LogP contribution in [0, 0.1) is 0 Å². The minimum absolute atomic E-state index is 0.00438. The van der Waals surface area contributed by atoms with E-state index in [4.69, 9.17) is 0 Å². The number of benzene rings is 1. The highest BCUT2D eigenvalue weighted by atomic mass is 32.2. The molecule has 1 atom stereocenters. The van der Waals surface area contributed by atoms with Gasteiger partial charge in [-0.3, -0.25) is 14.5 Å². The summed E-state index contributed by atoms with van der Waals surface area (Å²) in [6.07, 6.45) is 0.458. The number of H-pyrrole nitrogens is 1. The highest BCUT2D eigenvalue weighted by molar-refractivity contribution is 7.91. The molecule has 0 bridgehead atoms. The van der Waals surface area contributed by atoms with E-state index in [0.29, 0.717) is 36.2 Å². The molecular weight excluding hydrogens is 356 g/mol. The quantitative estimate of drug-likeness (QED) is 0.734.